The van der Waals surface area contributed by atoms with Gasteiger partial charge in [0.1, 0.15) is 5.82 Å². The predicted octanol–water partition coefficient (Wildman–Crippen LogP) is 2.55. The number of hydrogen-bond donors (Lipinski definition) is 3. The van der Waals surface area contributed by atoms with Crippen LogP contribution in [0.4, 0.5) is 14.9 Å². The van der Waals surface area contributed by atoms with Crippen molar-refractivity contribution in [3.05, 3.63) is 40.6 Å². The summed E-state index contributed by atoms with van der Waals surface area (Å²) >= 11 is 3.06. The molecule has 7 heteroatoms. The second-order valence-corrected chi connectivity index (χ2v) is 4.45. The standard InChI is InChI=1S/C11H10BrFN2O3/c1-6(12)5-14-11(18)15-7-2-3-8(10(16)17)9(13)4-7/h2-4H,1,5H2,(H,16,17)(H2,14,15,18). The summed E-state index contributed by atoms with van der Waals surface area (Å²) in [6.45, 7) is 3.75. The molecule has 0 fully saturated rings. The number of anilines is 1. The molecule has 0 aliphatic carbocycles. The van der Waals surface area contributed by atoms with E-state index in [-0.39, 0.29) is 12.2 Å². The molecular weight excluding hydrogens is 307 g/mol. The van der Waals surface area contributed by atoms with Crippen molar-refractivity contribution in [3.63, 3.8) is 0 Å². The minimum absolute atomic E-state index is 0.162. The molecule has 96 valence electrons. The molecule has 0 bridgehead atoms. The Morgan fingerprint density at radius 1 is 1.44 bits per heavy atom. The first kappa shape index (κ1) is 14.2. The van der Waals surface area contributed by atoms with Gasteiger partial charge >= 0.3 is 12.0 Å². The number of carboxylic acids is 1. The van der Waals surface area contributed by atoms with Crippen LogP contribution in [0, 0.1) is 5.82 Å². The zero-order valence-corrected chi connectivity index (χ0v) is 10.8. The fourth-order valence-corrected chi connectivity index (χ4v) is 1.26. The third-order valence-corrected chi connectivity index (χ3v) is 2.18. The van der Waals surface area contributed by atoms with Crippen LogP contribution in [0.5, 0.6) is 0 Å². The van der Waals surface area contributed by atoms with Crippen molar-refractivity contribution >= 4 is 33.6 Å². The molecule has 18 heavy (non-hydrogen) atoms. The van der Waals surface area contributed by atoms with E-state index in [0.717, 1.165) is 12.1 Å². The molecule has 2 amide bonds. The van der Waals surface area contributed by atoms with E-state index < -0.39 is 23.4 Å². The van der Waals surface area contributed by atoms with Crippen molar-refractivity contribution in [2.75, 3.05) is 11.9 Å². The van der Waals surface area contributed by atoms with Gasteiger partial charge in [-0.15, -0.1) is 0 Å². The summed E-state index contributed by atoms with van der Waals surface area (Å²) < 4.78 is 13.9. The average molecular weight is 317 g/mol. The summed E-state index contributed by atoms with van der Waals surface area (Å²) in [5, 5.41) is 13.4. The van der Waals surface area contributed by atoms with Crippen LogP contribution in [-0.2, 0) is 0 Å². The first-order valence-corrected chi connectivity index (χ1v) is 5.60. The molecule has 1 aromatic carbocycles. The van der Waals surface area contributed by atoms with Crippen molar-refractivity contribution in [3.8, 4) is 0 Å². The number of carboxylic acid groups (broad SMARTS) is 1. The van der Waals surface area contributed by atoms with Gasteiger partial charge in [-0.25, -0.2) is 14.0 Å². The maximum Gasteiger partial charge on any atom is 0.338 e. The molecule has 0 spiro atoms. The molecule has 0 unspecified atom stereocenters. The first-order chi connectivity index (χ1) is 8.40. The second-order valence-electron chi connectivity index (χ2n) is 3.32. The van der Waals surface area contributed by atoms with Gasteiger partial charge < -0.3 is 15.7 Å². The van der Waals surface area contributed by atoms with Gasteiger partial charge in [0.05, 0.1) is 12.1 Å². The van der Waals surface area contributed by atoms with Crippen molar-refractivity contribution < 1.29 is 19.1 Å². The lowest BCUT2D eigenvalue weighted by molar-refractivity contribution is 0.0692. The Balaban J connectivity index is 2.69. The SMILES string of the molecule is C=C(Br)CNC(=O)Nc1ccc(C(=O)O)c(F)c1. The molecule has 5 nitrogen and oxygen atoms in total. The summed E-state index contributed by atoms with van der Waals surface area (Å²) in [7, 11) is 0. The lowest BCUT2D eigenvalue weighted by Crippen LogP contribution is -2.29. The molecule has 1 rings (SSSR count). The highest BCUT2D eigenvalue weighted by atomic mass is 79.9. The summed E-state index contributed by atoms with van der Waals surface area (Å²) in [5.74, 6) is -2.27. The molecule has 1 aromatic rings. The molecule has 0 atom stereocenters. The molecule has 0 aliphatic heterocycles. The van der Waals surface area contributed by atoms with Crippen LogP contribution in [0.1, 0.15) is 10.4 Å². The van der Waals surface area contributed by atoms with Gasteiger partial charge in [-0.2, -0.15) is 0 Å². The molecule has 0 aliphatic rings. The lowest BCUT2D eigenvalue weighted by Gasteiger charge is -2.07. The predicted molar refractivity (Wildman–Crippen MR) is 68.4 cm³/mol. The third kappa shape index (κ3) is 4.17. The number of carbonyl (C=O) groups excluding carboxylic acids is 1. The van der Waals surface area contributed by atoms with Crippen molar-refractivity contribution in [2.45, 2.75) is 0 Å². The highest BCUT2D eigenvalue weighted by molar-refractivity contribution is 9.11. The van der Waals surface area contributed by atoms with E-state index in [1.807, 2.05) is 0 Å². The normalized spacial score (nSPS) is 9.67. The number of urea groups is 1. The van der Waals surface area contributed by atoms with Gasteiger partial charge in [0.2, 0.25) is 0 Å². The van der Waals surface area contributed by atoms with Crippen LogP contribution < -0.4 is 10.6 Å². The molecule has 3 N–H and O–H groups in total. The Morgan fingerprint density at radius 3 is 2.61 bits per heavy atom. The Hall–Kier alpha value is -1.89. The largest absolute Gasteiger partial charge is 0.478 e. The fourth-order valence-electron chi connectivity index (χ4n) is 1.12. The van der Waals surface area contributed by atoms with E-state index in [1.54, 1.807) is 0 Å². The number of nitrogens with one attached hydrogen (secondary N) is 2. The van der Waals surface area contributed by atoms with E-state index in [0.29, 0.717) is 4.48 Å². The Morgan fingerprint density at radius 2 is 2.11 bits per heavy atom. The molecule has 0 saturated carbocycles. The van der Waals surface area contributed by atoms with Crippen LogP contribution in [-0.4, -0.2) is 23.7 Å². The van der Waals surface area contributed by atoms with Gasteiger partial charge in [-0.3, -0.25) is 0 Å². The quantitative estimate of drug-likeness (QED) is 0.798. The monoisotopic (exact) mass is 316 g/mol. The van der Waals surface area contributed by atoms with Gasteiger partial charge in [-0.05, 0) is 18.2 Å². The van der Waals surface area contributed by atoms with Gasteiger partial charge in [0.25, 0.3) is 0 Å². The van der Waals surface area contributed by atoms with Crippen molar-refractivity contribution in [2.24, 2.45) is 0 Å². The minimum Gasteiger partial charge on any atom is -0.478 e. The number of aromatic carboxylic acids is 1. The van der Waals surface area contributed by atoms with Crippen LogP contribution >= 0.6 is 15.9 Å². The van der Waals surface area contributed by atoms with Crippen molar-refractivity contribution in [1.29, 1.82) is 0 Å². The van der Waals surface area contributed by atoms with E-state index in [1.165, 1.54) is 6.07 Å². The summed E-state index contributed by atoms with van der Waals surface area (Å²) in [6.07, 6.45) is 0. The molecule has 0 saturated heterocycles. The van der Waals surface area contributed by atoms with E-state index in [2.05, 4.69) is 33.1 Å². The topological polar surface area (TPSA) is 78.4 Å². The zero-order valence-electron chi connectivity index (χ0n) is 9.17. The van der Waals surface area contributed by atoms with Gasteiger partial charge in [-0.1, -0.05) is 22.5 Å². The summed E-state index contributed by atoms with van der Waals surface area (Å²) in [5.41, 5.74) is -0.287. The number of rotatable bonds is 4. The highest BCUT2D eigenvalue weighted by Gasteiger charge is 2.11. The average Bonchev–Trinajstić information content (AvgIpc) is 2.26. The van der Waals surface area contributed by atoms with Crippen molar-refractivity contribution in [1.82, 2.24) is 5.32 Å². The minimum atomic E-state index is -1.36. The Labute approximate surface area is 111 Å². The maximum atomic E-state index is 13.3. The van der Waals surface area contributed by atoms with Crippen LogP contribution in [0.2, 0.25) is 0 Å². The molecular formula is C11H10BrFN2O3. The van der Waals surface area contributed by atoms with E-state index in [9.17, 15) is 14.0 Å². The number of benzene rings is 1. The molecule has 0 aromatic heterocycles. The first-order valence-electron chi connectivity index (χ1n) is 4.81. The Bertz CT molecular complexity index is 505. The second kappa shape index (κ2) is 6.15. The Kier molecular flexibility index (Phi) is 4.85. The number of amides is 2. The van der Waals surface area contributed by atoms with Gasteiger partial charge in [0, 0.05) is 10.2 Å². The number of halogens is 2. The van der Waals surface area contributed by atoms with Gasteiger partial charge in [0.15, 0.2) is 0 Å². The fraction of sp³-hybridized carbons (Fsp3) is 0.0909. The maximum absolute atomic E-state index is 13.3. The number of hydrogen-bond acceptors (Lipinski definition) is 2. The van der Waals surface area contributed by atoms with Crippen LogP contribution in [0.25, 0.3) is 0 Å². The van der Waals surface area contributed by atoms with Crippen LogP contribution in [0.15, 0.2) is 29.3 Å². The zero-order chi connectivity index (χ0) is 13.7. The van der Waals surface area contributed by atoms with E-state index in [4.69, 9.17) is 5.11 Å². The molecule has 0 radical (unpaired) electrons. The van der Waals surface area contributed by atoms with E-state index >= 15 is 0 Å². The lowest BCUT2D eigenvalue weighted by atomic mass is 10.2. The smallest absolute Gasteiger partial charge is 0.338 e. The number of carbonyl (C=O) groups is 2. The highest BCUT2D eigenvalue weighted by Crippen LogP contribution is 2.14. The summed E-state index contributed by atoms with van der Waals surface area (Å²) in [4.78, 5) is 21.9. The summed E-state index contributed by atoms with van der Waals surface area (Å²) in [6, 6.07) is 2.77. The van der Waals surface area contributed by atoms with Crippen LogP contribution in [0.3, 0.4) is 0 Å². The molecule has 0 heterocycles. The third-order valence-electron chi connectivity index (χ3n) is 1.90.